The van der Waals surface area contributed by atoms with E-state index in [1.165, 1.54) is 14.0 Å². The molecule has 0 radical (unpaired) electrons. The van der Waals surface area contributed by atoms with Crippen LogP contribution in [0.25, 0.3) is 0 Å². The van der Waals surface area contributed by atoms with Gasteiger partial charge >= 0.3 is 5.97 Å². The highest BCUT2D eigenvalue weighted by molar-refractivity contribution is 5.90. The number of hydrogen-bond acceptors (Lipinski definition) is 5. The van der Waals surface area contributed by atoms with Crippen LogP contribution in [0, 0.1) is 17.2 Å². The van der Waals surface area contributed by atoms with Crippen molar-refractivity contribution in [2.24, 2.45) is 5.92 Å². The highest BCUT2D eigenvalue weighted by Crippen LogP contribution is 2.12. The van der Waals surface area contributed by atoms with E-state index in [1.54, 1.807) is 24.3 Å². The van der Waals surface area contributed by atoms with Crippen LogP contribution in [-0.2, 0) is 25.5 Å². The van der Waals surface area contributed by atoms with Crippen LogP contribution in [0.1, 0.15) is 38.3 Å². The molecule has 0 spiro atoms. The molecule has 0 saturated carbocycles. The molecule has 0 fully saturated rings. The Labute approximate surface area is 153 Å². The van der Waals surface area contributed by atoms with Crippen molar-refractivity contribution < 1.29 is 19.1 Å². The normalized spacial score (nSPS) is 12.6. The smallest absolute Gasteiger partial charge is 0.328 e. The molecule has 2 N–H and O–H groups in total. The van der Waals surface area contributed by atoms with E-state index in [2.05, 4.69) is 16.7 Å². The van der Waals surface area contributed by atoms with Gasteiger partial charge < -0.3 is 15.4 Å². The monoisotopic (exact) mass is 359 g/mol. The predicted octanol–water partition coefficient (Wildman–Crippen LogP) is 1.31. The Morgan fingerprint density at radius 3 is 2.35 bits per heavy atom. The zero-order valence-electron chi connectivity index (χ0n) is 15.5. The molecule has 0 aliphatic rings. The van der Waals surface area contributed by atoms with Crippen LogP contribution in [0.4, 0.5) is 0 Å². The number of hydrogen-bond donors (Lipinski definition) is 2. The number of esters is 1. The van der Waals surface area contributed by atoms with Gasteiger partial charge in [0.2, 0.25) is 11.8 Å². The number of nitrogens with zero attached hydrogens (tertiary/aromatic N) is 1. The number of rotatable bonds is 8. The lowest BCUT2D eigenvalue weighted by Gasteiger charge is -2.23. The molecule has 1 rings (SSSR count). The summed E-state index contributed by atoms with van der Waals surface area (Å²) in [7, 11) is 1.23. The molecule has 26 heavy (non-hydrogen) atoms. The molecule has 2 amide bonds. The number of amides is 2. The second-order valence-electron chi connectivity index (χ2n) is 6.44. The van der Waals surface area contributed by atoms with Gasteiger partial charge in [0.25, 0.3) is 0 Å². The van der Waals surface area contributed by atoms with E-state index in [1.807, 2.05) is 13.8 Å². The highest BCUT2D eigenvalue weighted by atomic mass is 16.5. The molecular formula is C19H25N3O4. The van der Waals surface area contributed by atoms with Crippen LogP contribution in [0.5, 0.6) is 0 Å². The van der Waals surface area contributed by atoms with E-state index in [0.29, 0.717) is 17.5 Å². The molecule has 0 unspecified atom stereocenters. The second kappa shape index (κ2) is 10.2. The molecule has 7 nitrogen and oxygen atoms in total. The largest absolute Gasteiger partial charge is 0.467 e. The summed E-state index contributed by atoms with van der Waals surface area (Å²) in [6.07, 6.45) is 0.560. The van der Waals surface area contributed by atoms with Crippen molar-refractivity contribution in [3.05, 3.63) is 35.4 Å². The van der Waals surface area contributed by atoms with Crippen LogP contribution in [0.15, 0.2) is 24.3 Å². The number of methoxy groups -OCH3 is 1. The molecule has 2 atom stereocenters. The van der Waals surface area contributed by atoms with Crippen molar-refractivity contribution in [1.29, 1.82) is 5.26 Å². The third-order valence-corrected chi connectivity index (χ3v) is 3.77. The average molecular weight is 359 g/mol. The van der Waals surface area contributed by atoms with Crippen LogP contribution in [0.2, 0.25) is 0 Å². The van der Waals surface area contributed by atoms with E-state index in [-0.39, 0.29) is 18.2 Å². The molecule has 0 aromatic heterocycles. The van der Waals surface area contributed by atoms with Crippen molar-refractivity contribution in [3.63, 3.8) is 0 Å². The summed E-state index contributed by atoms with van der Waals surface area (Å²) in [5.74, 6) is -1.22. The molecule has 0 heterocycles. The molecular weight excluding hydrogens is 334 g/mol. The second-order valence-corrected chi connectivity index (χ2v) is 6.44. The number of ether oxygens (including phenoxy) is 1. The number of benzene rings is 1. The Hall–Kier alpha value is -2.88. The average Bonchev–Trinajstić information content (AvgIpc) is 2.59. The number of carbonyl (C=O) groups excluding carboxylic acids is 3. The molecule has 7 heteroatoms. The van der Waals surface area contributed by atoms with Gasteiger partial charge in [-0.15, -0.1) is 0 Å². The maximum Gasteiger partial charge on any atom is 0.328 e. The van der Waals surface area contributed by atoms with Crippen LogP contribution >= 0.6 is 0 Å². The van der Waals surface area contributed by atoms with Gasteiger partial charge in [0, 0.05) is 13.3 Å². The summed E-state index contributed by atoms with van der Waals surface area (Å²) in [4.78, 5) is 36.1. The molecule has 0 bridgehead atoms. The summed E-state index contributed by atoms with van der Waals surface area (Å²) in [5, 5.41) is 14.4. The van der Waals surface area contributed by atoms with Gasteiger partial charge in [-0.1, -0.05) is 32.0 Å². The zero-order valence-corrected chi connectivity index (χ0v) is 15.5. The van der Waals surface area contributed by atoms with Crippen molar-refractivity contribution in [3.8, 4) is 6.07 Å². The predicted molar refractivity (Wildman–Crippen MR) is 95.9 cm³/mol. The quantitative estimate of drug-likeness (QED) is 0.680. The first-order valence-electron chi connectivity index (χ1n) is 8.41. The van der Waals surface area contributed by atoms with Crippen LogP contribution < -0.4 is 10.6 Å². The molecule has 0 aliphatic heterocycles. The maximum atomic E-state index is 12.6. The minimum absolute atomic E-state index is 0.122. The van der Waals surface area contributed by atoms with Gasteiger partial charge in [-0.05, 0) is 24.0 Å². The van der Waals surface area contributed by atoms with Gasteiger partial charge in [-0.3, -0.25) is 9.59 Å². The first-order valence-corrected chi connectivity index (χ1v) is 8.41. The van der Waals surface area contributed by atoms with Crippen molar-refractivity contribution >= 4 is 17.8 Å². The Morgan fingerprint density at radius 1 is 1.15 bits per heavy atom. The van der Waals surface area contributed by atoms with Gasteiger partial charge in [0.1, 0.15) is 12.1 Å². The first kappa shape index (κ1) is 21.2. The fourth-order valence-electron chi connectivity index (χ4n) is 2.58. The Morgan fingerprint density at radius 2 is 1.81 bits per heavy atom. The topological polar surface area (TPSA) is 108 Å². The van der Waals surface area contributed by atoms with Crippen molar-refractivity contribution in [1.82, 2.24) is 10.6 Å². The van der Waals surface area contributed by atoms with Crippen LogP contribution in [0.3, 0.4) is 0 Å². The standard InChI is InChI=1S/C19H25N3O4/c1-12(2)9-16(21-13(3)23)18(24)22-17(19(25)26-4)10-14-7-5-6-8-15(14)11-20/h5-8,12,16-17H,9-10H2,1-4H3,(H,21,23)(H,22,24)/t16-,17+/m0/s1. The summed E-state index contributed by atoms with van der Waals surface area (Å²) in [6.45, 7) is 5.20. The number of nitriles is 1. The molecule has 140 valence electrons. The van der Waals surface area contributed by atoms with Gasteiger partial charge in [0.15, 0.2) is 0 Å². The minimum Gasteiger partial charge on any atom is -0.467 e. The molecule has 0 saturated heterocycles. The van der Waals surface area contributed by atoms with E-state index >= 15 is 0 Å². The first-order chi connectivity index (χ1) is 12.3. The fourth-order valence-corrected chi connectivity index (χ4v) is 2.58. The third kappa shape index (κ3) is 6.55. The number of nitrogens with one attached hydrogen (secondary N) is 2. The molecule has 1 aromatic rings. The van der Waals surface area contributed by atoms with Crippen LogP contribution in [-0.4, -0.2) is 37.0 Å². The van der Waals surface area contributed by atoms with Gasteiger partial charge in [-0.25, -0.2) is 4.79 Å². The highest BCUT2D eigenvalue weighted by Gasteiger charge is 2.28. The van der Waals surface area contributed by atoms with E-state index in [9.17, 15) is 19.6 Å². The lowest BCUT2D eigenvalue weighted by Crippen LogP contribution is -2.52. The SMILES string of the molecule is COC(=O)[C@@H](Cc1ccccc1C#N)NC(=O)[C@H](CC(C)C)NC(C)=O. The van der Waals surface area contributed by atoms with E-state index < -0.39 is 24.0 Å². The Bertz CT molecular complexity index is 694. The minimum atomic E-state index is -0.953. The number of carbonyl (C=O) groups is 3. The van der Waals surface area contributed by atoms with E-state index in [4.69, 9.17) is 4.74 Å². The zero-order chi connectivity index (χ0) is 19.7. The van der Waals surface area contributed by atoms with Gasteiger partial charge in [-0.2, -0.15) is 5.26 Å². The summed E-state index contributed by atoms with van der Waals surface area (Å²) in [5.41, 5.74) is 1.06. The Balaban J connectivity index is 2.98. The van der Waals surface area contributed by atoms with E-state index in [0.717, 1.165) is 0 Å². The lowest BCUT2D eigenvalue weighted by atomic mass is 9.99. The van der Waals surface area contributed by atoms with Gasteiger partial charge in [0.05, 0.1) is 18.7 Å². The third-order valence-electron chi connectivity index (χ3n) is 3.77. The lowest BCUT2D eigenvalue weighted by molar-refractivity contribution is -0.145. The summed E-state index contributed by atoms with van der Waals surface area (Å²) >= 11 is 0. The van der Waals surface area contributed by atoms with Crippen molar-refractivity contribution in [2.45, 2.75) is 45.7 Å². The maximum absolute atomic E-state index is 12.6. The fraction of sp³-hybridized carbons (Fsp3) is 0.474. The molecule has 1 aromatic carbocycles. The summed E-state index contributed by atoms with van der Waals surface area (Å²) in [6, 6.07) is 7.21. The summed E-state index contributed by atoms with van der Waals surface area (Å²) < 4.78 is 4.78. The van der Waals surface area contributed by atoms with Crippen molar-refractivity contribution in [2.75, 3.05) is 7.11 Å². The Kier molecular flexibility index (Phi) is 8.29. The molecule has 0 aliphatic carbocycles.